The zero-order valence-electron chi connectivity index (χ0n) is 11.0. The Balaban J connectivity index is 1.89. The molecule has 0 unspecified atom stereocenters. The molecule has 0 saturated carbocycles. The number of pyridine rings is 1. The Morgan fingerprint density at radius 1 is 1.38 bits per heavy atom. The molecule has 1 aliphatic heterocycles. The van der Waals surface area contributed by atoms with Gasteiger partial charge in [-0.1, -0.05) is 22.0 Å². The zero-order chi connectivity index (χ0) is 14.8. The highest BCUT2D eigenvalue weighted by Gasteiger charge is 2.26. The van der Waals surface area contributed by atoms with Gasteiger partial charge in [0.05, 0.1) is 17.8 Å². The van der Waals surface area contributed by atoms with Crippen LogP contribution in [-0.2, 0) is 16.0 Å². The Morgan fingerprint density at radius 3 is 3.00 bits per heavy atom. The molecule has 106 valence electrons. The molecule has 0 radical (unpaired) electrons. The first-order valence-electron chi connectivity index (χ1n) is 6.42. The van der Waals surface area contributed by atoms with Crippen molar-refractivity contribution < 1.29 is 9.59 Å². The Labute approximate surface area is 130 Å². The van der Waals surface area contributed by atoms with E-state index in [9.17, 15) is 9.59 Å². The van der Waals surface area contributed by atoms with Gasteiger partial charge in [-0.05, 0) is 29.8 Å². The smallest absolute Gasteiger partial charge is 0.244 e. The van der Waals surface area contributed by atoms with Crippen molar-refractivity contribution in [3.05, 3.63) is 52.8 Å². The van der Waals surface area contributed by atoms with E-state index in [0.29, 0.717) is 11.4 Å². The number of hydrogen-bond acceptors (Lipinski definition) is 3. The fourth-order valence-corrected chi connectivity index (χ4v) is 2.62. The average Bonchev–Trinajstić information content (AvgIpc) is 2.47. The van der Waals surface area contributed by atoms with Crippen LogP contribution in [0, 0.1) is 0 Å². The zero-order valence-corrected chi connectivity index (χ0v) is 12.6. The number of rotatable bonds is 2. The number of amides is 2. The first kappa shape index (κ1) is 13.8. The van der Waals surface area contributed by atoms with E-state index in [1.54, 1.807) is 24.5 Å². The minimum Gasteiger partial charge on any atom is -0.323 e. The maximum absolute atomic E-state index is 12.5. The van der Waals surface area contributed by atoms with Crippen molar-refractivity contribution in [2.45, 2.75) is 6.42 Å². The predicted molar refractivity (Wildman–Crippen MR) is 83.1 cm³/mol. The van der Waals surface area contributed by atoms with Gasteiger partial charge in [-0.25, -0.2) is 0 Å². The van der Waals surface area contributed by atoms with Crippen LogP contribution in [0.2, 0.25) is 0 Å². The molecule has 0 bridgehead atoms. The molecule has 0 aliphatic carbocycles. The van der Waals surface area contributed by atoms with Crippen LogP contribution in [-0.4, -0.2) is 23.3 Å². The summed E-state index contributed by atoms with van der Waals surface area (Å²) in [5.74, 6) is -0.318. The Hall–Kier alpha value is -2.21. The quantitative estimate of drug-likeness (QED) is 0.908. The number of carbonyl (C=O) groups is 2. The summed E-state index contributed by atoms with van der Waals surface area (Å²) in [6.07, 6.45) is 3.54. The number of halogens is 1. The highest BCUT2D eigenvalue weighted by Crippen LogP contribution is 2.32. The lowest BCUT2D eigenvalue weighted by molar-refractivity contribution is -0.121. The van der Waals surface area contributed by atoms with E-state index in [1.165, 1.54) is 4.90 Å². The van der Waals surface area contributed by atoms with E-state index < -0.39 is 0 Å². The number of nitrogens with one attached hydrogen (secondary N) is 1. The van der Waals surface area contributed by atoms with Crippen LogP contribution in [0.5, 0.6) is 0 Å². The fraction of sp³-hybridized carbons (Fsp3) is 0.133. The SMILES string of the molecule is O=C1CN(C(=O)Cc2cccnc2)c2ccc(Br)cc2N1. The van der Waals surface area contributed by atoms with E-state index in [2.05, 4.69) is 26.2 Å². The molecule has 1 aromatic carbocycles. The molecule has 1 aliphatic rings. The van der Waals surface area contributed by atoms with Crippen LogP contribution in [0.3, 0.4) is 0 Å². The third kappa shape index (κ3) is 2.95. The van der Waals surface area contributed by atoms with Gasteiger partial charge in [0.25, 0.3) is 0 Å². The number of hydrogen-bond donors (Lipinski definition) is 1. The molecule has 0 saturated heterocycles. The van der Waals surface area contributed by atoms with E-state index in [-0.39, 0.29) is 24.8 Å². The van der Waals surface area contributed by atoms with E-state index in [4.69, 9.17) is 0 Å². The lowest BCUT2D eigenvalue weighted by Crippen LogP contribution is -2.42. The van der Waals surface area contributed by atoms with Crippen LogP contribution >= 0.6 is 15.9 Å². The normalized spacial score (nSPS) is 13.6. The number of nitrogens with zero attached hydrogens (tertiary/aromatic N) is 2. The van der Waals surface area contributed by atoms with E-state index in [0.717, 1.165) is 10.0 Å². The van der Waals surface area contributed by atoms with Crippen molar-refractivity contribution in [1.29, 1.82) is 0 Å². The molecule has 1 aromatic heterocycles. The van der Waals surface area contributed by atoms with Crippen LogP contribution < -0.4 is 10.2 Å². The second kappa shape index (κ2) is 5.65. The number of anilines is 2. The number of benzene rings is 1. The monoisotopic (exact) mass is 345 g/mol. The van der Waals surface area contributed by atoms with Crippen molar-refractivity contribution in [1.82, 2.24) is 4.98 Å². The summed E-state index contributed by atoms with van der Waals surface area (Å²) in [6, 6.07) is 9.09. The van der Waals surface area contributed by atoms with Crippen molar-refractivity contribution in [2.24, 2.45) is 0 Å². The van der Waals surface area contributed by atoms with Crippen LogP contribution in [0.25, 0.3) is 0 Å². The van der Waals surface area contributed by atoms with Crippen molar-refractivity contribution in [3.63, 3.8) is 0 Å². The molecular formula is C15H12BrN3O2. The lowest BCUT2D eigenvalue weighted by atomic mass is 10.1. The molecule has 5 nitrogen and oxygen atoms in total. The van der Waals surface area contributed by atoms with Gasteiger partial charge in [0.1, 0.15) is 6.54 Å². The molecule has 21 heavy (non-hydrogen) atoms. The number of aromatic nitrogens is 1. The summed E-state index contributed by atoms with van der Waals surface area (Å²) in [5, 5.41) is 2.77. The lowest BCUT2D eigenvalue weighted by Gasteiger charge is -2.29. The largest absolute Gasteiger partial charge is 0.323 e. The van der Waals surface area contributed by atoms with Crippen LogP contribution in [0.4, 0.5) is 11.4 Å². The van der Waals surface area contributed by atoms with Crippen molar-refractivity contribution >= 4 is 39.1 Å². The molecule has 0 fully saturated rings. The van der Waals surface area contributed by atoms with Crippen LogP contribution in [0.15, 0.2) is 47.2 Å². The summed E-state index contributed by atoms with van der Waals surface area (Å²) >= 11 is 3.36. The third-order valence-corrected chi connectivity index (χ3v) is 3.70. The van der Waals surface area contributed by atoms with E-state index in [1.807, 2.05) is 18.2 Å². The van der Waals surface area contributed by atoms with Gasteiger partial charge in [-0.2, -0.15) is 0 Å². The number of carbonyl (C=O) groups excluding carboxylic acids is 2. The molecule has 2 amide bonds. The maximum atomic E-state index is 12.5. The Morgan fingerprint density at radius 2 is 2.24 bits per heavy atom. The van der Waals surface area contributed by atoms with Crippen LogP contribution in [0.1, 0.15) is 5.56 Å². The second-order valence-electron chi connectivity index (χ2n) is 4.73. The summed E-state index contributed by atoms with van der Waals surface area (Å²) in [7, 11) is 0. The van der Waals surface area contributed by atoms with E-state index >= 15 is 0 Å². The van der Waals surface area contributed by atoms with Crippen molar-refractivity contribution in [3.8, 4) is 0 Å². The first-order valence-corrected chi connectivity index (χ1v) is 7.21. The predicted octanol–water partition coefficient (Wildman–Crippen LogP) is 2.37. The minimum atomic E-state index is -0.194. The molecule has 0 atom stereocenters. The molecule has 2 aromatic rings. The van der Waals surface area contributed by atoms with Gasteiger partial charge in [0.15, 0.2) is 0 Å². The standard InChI is InChI=1S/C15H12BrN3O2/c16-11-3-4-13-12(7-11)18-14(20)9-19(13)15(21)6-10-2-1-5-17-8-10/h1-5,7-8H,6,9H2,(H,18,20). The second-order valence-corrected chi connectivity index (χ2v) is 5.64. The highest BCUT2D eigenvalue weighted by molar-refractivity contribution is 9.10. The third-order valence-electron chi connectivity index (χ3n) is 3.20. The minimum absolute atomic E-state index is 0.0354. The summed E-state index contributed by atoms with van der Waals surface area (Å²) in [4.78, 5) is 29.7. The molecule has 6 heteroatoms. The van der Waals surface area contributed by atoms with Gasteiger partial charge in [0, 0.05) is 16.9 Å². The molecular weight excluding hydrogens is 334 g/mol. The average molecular weight is 346 g/mol. The Kier molecular flexibility index (Phi) is 3.70. The van der Waals surface area contributed by atoms with Crippen molar-refractivity contribution in [2.75, 3.05) is 16.8 Å². The highest BCUT2D eigenvalue weighted by atomic mass is 79.9. The Bertz CT molecular complexity index is 703. The summed E-state index contributed by atoms with van der Waals surface area (Å²) in [6.45, 7) is 0.0354. The topological polar surface area (TPSA) is 62.3 Å². The molecule has 0 spiro atoms. The maximum Gasteiger partial charge on any atom is 0.244 e. The van der Waals surface area contributed by atoms with Gasteiger partial charge < -0.3 is 10.2 Å². The summed E-state index contributed by atoms with van der Waals surface area (Å²) < 4.78 is 0.850. The first-order chi connectivity index (χ1) is 10.1. The van der Waals surface area contributed by atoms with Gasteiger partial charge >= 0.3 is 0 Å². The summed E-state index contributed by atoms with van der Waals surface area (Å²) in [5.41, 5.74) is 2.18. The van der Waals surface area contributed by atoms with Gasteiger partial charge in [-0.15, -0.1) is 0 Å². The number of fused-ring (bicyclic) bond motifs is 1. The molecule has 1 N–H and O–H groups in total. The van der Waals surface area contributed by atoms with Gasteiger partial charge in [0.2, 0.25) is 11.8 Å². The molecule has 2 heterocycles. The fourth-order valence-electron chi connectivity index (χ4n) is 2.26. The van der Waals surface area contributed by atoms with Gasteiger partial charge in [-0.3, -0.25) is 14.6 Å². The molecule has 3 rings (SSSR count).